The molecule has 2 heterocycles. The number of hydrogen-bond acceptors (Lipinski definition) is 3. The number of aryl methyl sites for hydroxylation is 1. The molecule has 106 valence electrons. The molecule has 1 fully saturated rings. The fourth-order valence-electron chi connectivity index (χ4n) is 2.53. The van der Waals surface area contributed by atoms with Crippen molar-refractivity contribution >= 4 is 22.8 Å². The fraction of sp³-hybridized carbons (Fsp3) is 0.467. The van der Waals surface area contributed by atoms with Crippen LogP contribution in [-0.4, -0.2) is 29.0 Å². The van der Waals surface area contributed by atoms with Gasteiger partial charge < -0.3 is 14.6 Å². The lowest BCUT2D eigenvalue weighted by atomic mass is 10.00. The number of piperidine rings is 1. The Morgan fingerprint density at radius 3 is 2.90 bits per heavy atom. The van der Waals surface area contributed by atoms with Gasteiger partial charge in [0.1, 0.15) is 5.52 Å². The third kappa shape index (κ3) is 2.61. The first-order chi connectivity index (χ1) is 9.61. The zero-order chi connectivity index (χ0) is 14.1. The van der Waals surface area contributed by atoms with Gasteiger partial charge in [-0.15, -0.1) is 0 Å². The van der Waals surface area contributed by atoms with Crippen molar-refractivity contribution in [3.63, 3.8) is 0 Å². The van der Waals surface area contributed by atoms with Crippen molar-refractivity contribution < 1.29 is 9.21 Å². The summed E-state index contributed by atoms with van der Waals surface area (Å²) in [6, 6.07) is 5.49. The first-order valence-electron chi connectivity index (χ1n) is 7.05. The quantitative estimate of drug-likeness (QED) is 0.866. The Labute approximate surface area is 118 Å². The Hall–Kier alpha value is -2.04. The summed E-state index contributed by atoms with van der Waals surface area (Å²) in [5, 5.41) is 2.93. The number of urea groups is 1. The van der Waals surface area contributed by atoms with E-state index in [0.29, 0.717) is 11.8 Å². The maximum atomic E-state index is 12.2. The Kier molecular flexibility index (Phi) is 3.34. The van der Waals surface area contributed by atoms with Crippen LogP contribution in [0.5, 0.6) is 0 Å². The second-order valence-electron chi connectivity index (χ2n) is 5.52. The summed E-state index contributed by atoms with van der Waals surface area (Å²) in [4.78, 5) is 18.3. The van der Waals surface area contributed by atoms with E-state index in [9.17, 15) is 4.79 Å². The second kappa shape index (κ2) is 5.15. The lowest BCUT2D eigenvalue weighted by Crippen LogP contribution is -2.40. The van der Waals surface area contributed by atoms with Crippen molar-refractivity contribution in [2.45, 2.75) is 26.7 Å². The molecule has 1 N–H and O–H groups in total. The van der Waals surface area contributed by atoms with E-state index < -0.39 is 0 Å². The van der Waals surface area contributed by atoms with Crippen LogP contribution in [0.4, 0.5) is 10.5 Å². The van der Waals surface area contributed by atoms with Crippen LogP contribution in [0.15, 0.2) is 22.6 Å². The Bertz CT molecular complexity index is 627. The van der Waals surface area contributed by atoms with Crippen LogP contribution in [-0.2, 0) is 0 Å². The van der Waals surface area contributed by atoms with Gasteiger partial charge in [0.05, 0.1) is 0 Å². The maximum Gasteiger partial charge on any atom is 0.321 e. The summed E-state index contributed by atoms with van der Waals surface area (Å²) in [5.41, 5.74) is 2.27. The number of hydrogen-bond donors (Lipinski definition) is 1. The molecule has 3 rings (SSSR count). The highest BCUT2D eigenvalue weighted by Crippen LogP contribution is 2.21. The van der Waals surface area contributed by atoms with Crippen molar-refractivity contribution in [1.29, 1.82) is 0 Å². The van der Waals surface area contributed by atoms with Gasteiger partial charge in [0.25, 0.3) is 0 Å². The highest BCUT2D eigenvalue weighted by Gasteiger charge is 2.20. The summed E-state index contributed by atoms with van der Waals surface area (Å²) in [6.45, 7) is 5.71. The molecule has 0 saturated carbocycles. The summed E-state index contributed by atoms with van der Waals surface area (Å²) in [7, 11) is 0. The van der Waals surface area contributed by atoms with Gasteiger partial charge in [-0.2, -0.15) is 0 Å². The molecule has 1 saturated heterocycles. The molecule has 2 amide bonds. The van der Waals surface area contributed by atoms with Crippen molar-refractivity contribution in [3.8, 4) is 0 Å². The molecule has 2 aromatic rings. The van der Waals surface area contributed by atoms with Crippen molar-refractivity contribution in [1.82, 2.24) is 9.88 Å². The minimum atomic E-state index is -0.0310. The van der Waals surface area contributed by atoms with Gasteiger partial charge in [0, 0.05) is 25.7 Å². The zero-order valence-electron chi connectivity index (χ0n) is 11.8. The third-order valence-electron chi connectivity index (χ3n) is 3.82. The lowest BCUT2D eigenvalue weighted by molar-refractivity contribution is 0.186. The van der Waals surface area contributed by atoms with Crippen LogP contribution in [0.25, 0.3) is 11.1 Å². The summed E-state index contributed by atoms with van der Waals surface area (Å²) < 4.78 is 5.42. The topological polar surface area (TPSA) is 58.4 Å². The van der Waals surface area contributed by atoms with Gasteiger partial charge in [0.2, 0.25) is 0 Å². The molecule has 0 atom stereocenters. The number of aromatic nitrogens is 1. The van der Waals surface area contributed by atoms with Crippen LogP contribution >= 0.6 is 0 Å². The molecule has 1 aromatic heterocycles. The molecule has 1 aliphatic rings. The monoisotopic (exact) mass is 273 g/mol. The van der Waals surface area contributed by atoms with E-state index in [4.69, 9.17) is 4.42 Å². The summed E-state index contributed by atoms with van der Waals surface area (Å²) in [5.74, 6) is 1.35. The maximum absolute atomic E-state index is 12.2. The minimum absolute atomic E-state index is 0.0310. The molecule has 0 spiro atoms. The van der Waals surface area contributed by atoms with Gasteiger partial charge in [-0.25, -0.2) is 9.78 Å². The molecule has 1 aromatic carbocycles. The predicted molar refractivity (Wildman–Crippen MR) is 77.7 cm³/mol. The normalized spacial score (nSPS) is 16.6. The average Bonchev–Trinajstić information content (AvgIpc) is 2.78. The number of carbonyl (C=O) groups excluding carboxylic acids is 1. The molecule has 5 heteroatoms. The van der Waals surface area contributed by atoms with E-state index in [-0.39, 0.29) is 6.03 Å². The number of benzene rings is 1. The lowest BCUT2D eigenvalue weighted by Gasteiger charge is -2.30. The van der Waals surface area contributed by atoms with Gasteiger partial charge in [-0.1, -0.05) is 6.92 Å². The summed E-state index contributed by atoms with van der Waals surface area (Å²) >= 11 is 0. The van der Waals surface area contributed by atoms with Crippen LogP contribution in [0.2, 0.25) is 0 Å². The van der Waals surface area contributed by atoms with Gasteiger partial charge in [-0.3, -0.25) is 0 Å². The second-order valence-corrected chi connectivity index (χ2v) is 5.52. The van der Waals surface area contributed by atoms with E-state index in [1.54, 1.807) is 0 Å². The van der Waals surface area contributed by atoms with Crippen molar-refractivity contribution in [2.24, 2.45) is 5.92 Å². The van der Waals surface area contributed by atoms with Crippen molar-refractivity contribution in [2.75, 3.05) is 18.4 Å². The average molecular weight is 273 g/mol. The Morgan fingerprint density at radius 1 is 1.40 bits per heavy atom. The van der Waals surface area contributed by atoms with E-state index in [1.165, 1.54) is 0 Å². The van der Waals surface area contributed by atoms with Gasteiger partial charge in [-0.05, 0) is 37.0 Å². The molecular formula is C15H19N3O2. The Morgan fingerprint density at radius 2 is 2.15 bits per heavy atom. The van der Waals surface area contributed by atoms with Gasteiger partial charge in [0.15, 0.2) is 11.5 Å². The van der Waals surface area contributed by atoms with E-state index in [0.717, 1.165) is 42.7 Å². The van der Waals surface area contributed by atoms with E-state index in [2.05, 4.69) is 17.2 Å². The standard InChI is InChI=1S/C15H19N3O2/c1-10-5-7-18(8-6-10)15(19)17-12-3-4-14-13(9-12)16-11(2)20-14/h3-4,9-10H,5-8H2,1-2H3,(H,17,19). The number of fused-ring (bicyclic) bond motifs is 1. The molecule has 20 heavy (non-hydrogen) atoms. The van der Waals surface area contributed by atoms with Crippen LogP contribution in [0.1, 0.15) is 25.7 Å². The van der Waals surface area contributed by atoms with Crippen LogP contribution in [0, 0.1) is 12.8 Å². The van der Waals surface area contributed by atoms with Crippen LogP contribution in [0.3, 0.4) is 0 Å². The highest BCUT2D eigenvalue weighted by molar-refractivity contribution is 5.91. The summed E-state index contributed by atoms with van der Waals surface area (Å²) in [6.07, 6.45) is 2.16. The Balaban J connectivity index is 1.70. The number of amides is 2. The van der Waals surface area contributed by atoms with Crippen LogP contribution < -0.4 is 5.32 Å². The number of nitrogens with zero attached hydrogens (tertiary/aromatic N) is 2. The first kappa shape index (κ1) is 13.0. The molecular weight excluding hydrogens is 254 g/mol. The number of likely N-dealkylation sites (tertiary alicyclic amines) is 1. The molecule has 1 aliphatic heterocycles. The highest BCUT2D eigenvalue weighted by atomic mass is 16.3. The van der Waals surface area contributed by atoms with E-state index in [1.807, 2.05) is 30.0 Å². The fourth-order valence-corrected chi connectivity index (χ4v) is 2.53. The number of oxazole rings is 1. The number of carbonyl (C=O) groups is 1. The smallest absolute Gasteiger partial charge is 0.321 e. The molecule has 0 bridgehead atoms. The van der Waals surface area contributed by atoms with E-state index >= 15 is 0 Å². The number of anilines is 1. The molecule has 5 nitrogen and oxygen atoms in total. The first-order valence-corrected chi connectivity index (χ1v) is 7.05. The molecule has 0 radical (unpaired) electrons. The van der Waals surface area contributed by atoms with Gasteiger partial charge >= 0.3 is 6.03 Å². The molecule has 0 aliphatic carbocycles. The number of nitrogens with one attached hydrogen (secondary N) is 1. The SMILES string of the molecule is Cc1nc2cc(NC(=O)N3CCC(C)CC3)ccc2o1. The minimum Gasteiger partial charge on any atom is -0.441 e. The third-order valence-corrected chi connectivity index (χ3v) is 3.82. The number of rotatable bonds is 1. The zero-order valence-corrected chi connectivity index (χ0v) is 11.8. The largest absolute Gasteiger partial charge is 0.441 e. The molecule has 0 unspecified atom stereocenters. The van der Waals surface area contributed by atoms with Crippen molar-refractivity contribution in [3.05, 3.63) is 24.1 Å². The predicted octanol–water partition coefficient (Wildman–Crippen LogP) is 3.40.